The minimum atomic E-state index is -0.170. The van der Waals surface area contributed by atoms with E-state index in [9.17, 15) is 0 Å². The number of aliphatic imine (C=N–C) groups is 1. The fraction of sp³-hybridized carbons (Fsp3) is 0.571. The van der Waals surface area contributed by atoms with Gasteiger partial charge in [0, 0.05) is 24.0 Å². The molecule has 9 heteroatoms. The molecule has 2 N–H and O–H groups in total. The van der Waals surface area contributed by atoms with E-state index in [-0.39, 0.29) is 35.4 Å². The molecule has 2 aromatic rings. The Labute approximate surface area is 202 Å². The lowest BCUT2D eigenvalue weighted by Gasteiger charge is -2.31. The van der Waals surface area contributed by atoms with Gasteiger partial charge in [-0.25, -0.2) is 0 Å². The molecule has 0 bridgehead atoms. The van der Waals surface area contributed by atoms with Crippen LogP contribution in [0.3, 0.4) is 0 Å². The first-order valence-corrected chi connectivity index (χ1v) is 10.4. The molecule has 168 valence electrons. The predicted octanol–water partition coefficient (Wildman–Crippen LogP) is 4.39. The summed E-state index contributed by atoms with van der Waals surface area (Å²) in [4.78, 5) is 11.1. The summed E-state index contributed by atoms with van der Waals surface area (Å²) < 4.78 is 5.34. The second-order valence-electron chi connectivity index (χ2n) is 7.83. The molecule has 0 aliphatic rings. The summed E-state index contributed by atoms with van der Waals surface area (Å²) in [5.41, 5.74) is 0.936. The first-order valence-electron chi connectivity index (χ1n) is 10.1. The molecule has 0 saturated carbocycles. The second kappa shape index (κ2) is 12.5. The molecule has 1 unspecified atom stereocenters. The van der Waals surface area contributed by atoms with Crippen LogP contribution < -0.4 is 10.6 Å². The van der Waals surface area contributed by atoms with E-state index in [0.717, 1.165) is 23.7 Å². The number of rotatable bonds is 8. The molecular weight excluding hydrogens is 515 g/mol. The molecule has 30 heavy (non-hydrogen) atoms. The van der Waals surface area contributed by atoms with Crippen LogP contribution in [0.5, 0.6) is 0 Å². The smallest absolute Gasteiger partial charge is 0.232 e. The largest absolute Gasteiger partial charge is 0.354 e. The molecule has 1 heterocycles. The molecule has 1 atom stereocenters. The summed E-state index contributed by atoms with van der Waals surface area (Å²) >= 11 is 6.48. The lowest BCUT2D eigenvalue weighted by atomic mass is 9.97. The first kappa shape index (κ1) is 26.6. The average Bonchev–Trinajstić information content (AvgIpc) is 3.17. The van der Waals surface area contributed by atoms with Crippen molar-refractivity contribution in [2.45, 2.75) is 52.6 Å². The number of likely N-dealkylation sites (N-methyl/N-ethyl adjacent to an activating group) is 1. The van der Waals surface area contributed by atoms with Gasteiger partial charge in [0.1, 0.15) is 0 Å². The second-order valence-corrected chi connectivity index (χ2v) is 8.24. The van der Waals surface area contributed by atoms with Gasteiger partial charge in [-0.15, -0.1) is 24.0 Å². The molecule has 0 spiro atoms. The third-order valence-electron chi connectivity index (χ3n) is 4.73. The van der Waals surface area contributed by atoms with Crippen molar-refractivity contribution in [1.29, 1.82) is 0 Å². The van der Waals surface area contributed by atoms with Crippen LogP contribution in [0.15, 0.2) is 33.8 Å². The molecule has 0 saturated heterocycles. The molecule has 0 aliphatic carbocycles. The average molecular weight is 549 g/mol. The number of hydrogen-bond acceptors (Lipinski definition) is 5. The number of nitrogens with zero attached hydrogens (tertiary/aromatic N) is 4. The highest BCUT2D eigenvalue weighted by atomic mass is 127. The van der Waals surface area contributed by atoms with E-state index in [1.165, 1.54) is 0 Å². The summed E-state index contributed by atoms with van der Waals surface area (Å²) in [6.07, 6.45) is 0. The monoisotopic (exact) mass is 548 g/mol. The van der Waals surface area contributed by atoms with Crippen LogP contribution >= 0.6 is 35.6 Å². The third kappa shape index (κ3) is 7.39. The number of benzene rings is 1. The van der Waals surface area contributed by atoms with Crippen LogP contribution in [0, 0.1) is 0 Å². The van der Waals surface area contributed by atoms with E-state index in [1.807, 2.05) is 39.0 Å². The number of guanidine groups is 1. The standard InChI is InChI=1S/C21H33ClN6O.HI/c1-7-28(8-2)17(15-11-9-10-12-16(15)22)13-24-20(23-6)25-14-18-26-19(29-27-18)21(3,4)5;/h9-12,17H,7-8,13-14H2,1-6H3,(H2,23,24,25);1H. The fourth-order valence-corrected chi connectivity index (χ4v) is 3.31. The molecule has 0 amide bonds. The van der Waals surface area contributed by atoms with E-state index in [2.05, 4.69) is 50.6 Å². The Morgan fingerprint density at radius 1 is 1.20 bits per heavy atom. The van der Waals surface area contributed by atoms with E-state index >= 15 is 0 Å². The fourth-order valence-electron chi connectivity index (χ4n) is 3.05. The molecule has 0 fully saturated rings. The third-order valence-corrected chi connectivity index (χ3v) is 5.07. The first-order chi connectivity index (χ1) is 13.8. The van der Waals surface area contributed by atoms with Gasteiger partial charge in [0.15, 0.2) is 11.8 Å². The van der Waals surface area contributed by atoms with Crippen molar-refractivity contribution in [3.05, 3.63) is 46.6 Å². The summed E-state index contributed by atoms with van der Waals surface area (Å²) in [7, 11) is 1.74. The van der Waals surface area contributed by atoms with Crippen LogP contribution in [0.1, 0.15) is 57.9 Å². The van der Waals surface area contributed by atoms with E-state index in [1.54, 1.807) is 7.05 Å². The summed E-state index contributed by atoms with van der Waals surface area (Å²) in [6, 6.07) is 8.12. The summed E-state index contributed by atoms with van der Waals surface area (Å²) in [6.45, 7) is 13.4. The maximum absolute atomic E-state index is 6.48. The summed E-state index contributed by atoms with van der Waals surface area (Å²) in [5.74, 6) is 1.90. The van der Waals surface area contributed by atoms with E-state index in [4.69, 9.17) is 16.1 Å². The highest BCUT2D eigenvalue weighted by Crippen LogP contribution is 2.27. The van der Waals surface area contributed by atoms with Crippen molar-refractivity contribution in [3.8, 4) is 0 Å². The van der Waals surface area contributed by atoms with Gasteiger partial charge in [-0.2, -0.15) is 4.98 Å². The SMILES string of the molecule is CCN(CC)C(CNC(=NC)NCc1noc(C(C)(C)C)n1)c1ccccc1Cl.I. The molecule has 0 aliphatic heterocycles. The molecule has 0 radical (unpaired) electrons. The summed E-state index contributed by atoms with van der Waals surface area (Å²) in [5, 5.41) is 11.5. The molecule has 7 nitrogen and oxygen atoms in total. The number of hydrogen-bond donors (Lipinski definition) is 2. The minimum absolute atomic E-state index is 0. The number of halogens is 2. The molecule has 1 aromatic heterocycles. The van der Waals surface area contributed by atoms with Crippen molar-refractivity contribution in [1.82, 2.24) is 25.7 Å². The van der Waals surface area contributed by atoms with Gasteiger partial charge in [0.2, 0.25) is 5.89 Å². The maximum atomic E-state index is 6.48. The van der Waals surface area contributed by atoms with Crippen molar-refractivity contribution < 1.29 is 4.52 Å². The van der Waals surface area contributed by atoms with Crippen LogP contribution in [0.4, 0.5) is 0 Å². The normalized spacial score (nSPS) is 13.1. The highest BCUT2D eigenvalue weighted by Gasteiger charge is 2.22. The minimum Gasteiger partial charge on any atom is -0.354 e. The zero-order valence-corrected chi connectivity index (χ0v) is 21.8. The molecule has 1 aromatic carbocycles. The number of nitrogens with one attached hydrogen (secondary N) is 2. The Hall–Kier alpha value is -1.39. The zero-order chi connectivity index (χ0) is 21.4. The maximum Gasteiger partial charge on any atom is 0.232 e. The van der Waals surface area contributed by atoms with Crippen LogP contribution in [0.2, 0.25) is 5.02 Å². The van der Waals surface area contributed by atoms with Crippen molar-refractivity contribution >= 4 is 41.5 Å². The topological polar surface area (TPSA) is 78.6 Å². The van der Waals surface area contributed by atoms with Crippen molar-refractivity contribution in [2.75, 3.05) is 26.7 Å². The lowest BCUT2D eigenvalue weighted by Crippen LogP contribution is -2.43. The van der Waals surface area contributed by atoms with Crippen LogP contribution in [-0.2, 0) is 12.0 Å². The molecule has 2 rings (SSSR count). The van der Waals surface area contributed by atoms with Gasteiger partial charge in [0.25, 0.3) is 0 Å². The quantitative estimate of drug-likeness (QED) is 0.289. The Bertz CT molecular complexity index is 801. The van der Waals surface area contributed by atoms with Crippen molar-refractivity contribution in [3.63, 3.8) is 0 Å². The van der Waals surface area contributed by atoms with Crippen LogP contribution in [0.25, 0.3) is 0 Å². The van der Waals surface area contributed by atoms with Gasteiger partial charge in [0.05, 0.1) is 12.6 Å². The Morgan fingerprint density at radius 2 is 1.87 bits per heavy atom. The van der Waals surface area contributed by atoms with E-state index in [0.29, 0.717) is 30.8 Å². The number of aromatic nitrogens is 2. The van der Waals surface area contributed by atoms with E-state index < -0.39 is 0 Å². The van der Waals surface area contributed by atoms with Gasteiger partial charge in [-0.1, -0.05) is 69.6 Å². The highest BCUT2D eigenvalue weighted by molar-refractivity contribution is 14.0. The Balaban J connectivity index is 0.00000450. The van der Waals surface area contributed by atoms with Gasteiger partial charge in [-0.05, 0) is 24.7 Å². The van der Waals surface area contributed by atoms with Gasteiger partial charge < -0.3 is 15.2 Å². The van der Waals surface area contributed by atoms with Gasteiger partial charge in [-0.3, -0.25) is 9.89 Å². The van der Waals surface area contributed by atoms with Crippen molar-refractivity contribution in [2.24, 2.45) is 4.99 Å². The lowest BCUT2D eigenvalue weighted by molar-refractivity contribution is 0.219. The van der Waals surface area contributed by atoms with Crippen LogP contribution in [-0.4, -0.2) is 47.7 Å². The Morgan fingerprint density at radius 3 is 2.40 bits per heavy atom. The zero-order valence-electron chi connectivity index (χ0n) is 18.7. The predicted molar refractivity (Wildman–Crippen MR) is 134 cm³/mol. The molecular formula is C21H34ClIN6O. The Kier molecular flexibility index (Phi) is 11.1. The van der Waals surface area contributed by atoms with Gasteiger partial charge >= 0.3 is 0 Å².